The zero-order valence-electron chi connectivity index (χ0n) is 8.94. The molecule has 1 aromatic carbocycles. The Morgan fingerprint density at radius 3 is 2.94 bits per heavy atom. The van der Waals surface area contributed by atoms with Crippen LogP contribution in [-0.2, 0) is 11.2 Å². The highest BCUT2D eigenvalue weighted by molar-refractivity contribution is 6.25. The van der Waals surface area contributed by atoms with Crippen LogP contribution in [0.4, 0.5) is 0 Å². The van der Waals surface area contributed by atoms with Gasteiger partial charge in [0.25, 0.3) is 0 Å². The number of benzene rings is 1. The summed E-state index contributed by atoms with van der Waals surface area (Å²) in [5.74, 6) is -0.203. The quantitative estimate of drug-likeness (QED) is 0.861. The predicted molar refractivity (Wildman–Crippen MR) is 62.9 cm³/mol. The maximum atomic E-state index is 10.5. The third kappa shape index (κ3) is 4.36. The molecule has 0 saturated carbocycles. The molecule has 1 N–H and O–H groups in total. The second-order valence-corrected chi connectivity index (χ2v) is 3.68. The Kier molecular flexibility index (Phi) is 4.86. The summed E-state index contributed by atoms with van der Waals surface area (Å²) in [5, 5.41) is 8.65. The Labute approximate surface area is 99.3 Å². The number of aliphatic carboxylic acids is 1. The van der Waals surface area contributed by atoms with E-state index in [1.165, 1.54) is 5.54 Å². The summed E-state index contributed by atoms with van der Waals surface area (Å²) >= 11 is 5.50. The van der Waals surface area contributed by atoms with Gasteiger partial charge in [0.1, 0.15) is 12.4 Å². The predicted octanol–water partition coefficient (Wildman–Crippen LogP) is 2.84. The fourth-order valence-electron chi connectivity index (χ4n) is 1.15. The first-order valence-electron chi connectivity index (χ1n) is 4.81. The summed E-state index contributed by atoms with van der Waals surface area (Å²) in [6.45, 7) is 2.26. The highest BCUT2D eigenvalue weighted by atomic mass is 35.5. The molecule has 0 atom stereocenters. The van der Waals surface area contributed by atoms with Crippen LogP contribution >= 0.6 is 11.6 Å². The van der Waals surface area contributed by atoms with E-state index in [1.807, 2.05) is 6.92 Å². The van der Waals surface area contributed by atoms with Gasteiger partial charge in [-0.2, -0.15) is 0 Å². The maximum absolute atomic E-state index is 10.5. The largest absolute Gasteiger partial charge is 0.489 e. The van der Waals surface area contributed by atoms with Crippen molar-refractivity contribution in [2.75, 3.05) is 6.61 Å². The first-order chi connectivity index (χ1) is 7.61. The molecule has 0 aliphatic heterocycles. The van der Waals surface area contributed by atoms with Gasteiger partial charge in [0.15, 0.2) is 0 Å². The van der Waals surface area contributed by atoms with Crippen molar-refractivity contribution in [2.24, 2.45) is 0 Å². The van der Waals surface area contributed by atoms with Crippen molar-refractivity contribution >= 4 is 17.6 Å². The molecule has 0 fully saturated rings. The van der Waals surface area contributed by atoms with Gasteiger partial charge in [-0.05, 0) is 30.2 Å². The highest BCUT2D eigenvalue weighted by Gasteiger charge is 2.02. The molecular weight excluding hydrogens is 228 g/mol. The first-order valence-corrected chi connectivity index (χ1v) is 5.25. The normalized spacial score (nSPS) is 11.2. The topological polar surface area (TPSA) is 46.5 Å². The van der Waals surface area contributed by atoms with E-state index >= 15 is 0 Å². The van der Waals surface area contributed by atoms with Crippen LogP contribution in [0.25, 0.3) is 0 Å². The van der Waals surface area contributed by atoms with Crippen LogP contribution in [0.5, 0.6) is 5.75 Å². The van der Waals surface area contributed by atoms with Gasteiger partial charge >= 0.3 is 5.97 Å². The Balaban J connectivity index is 2.63. The molecular formula is C12H13ClO3. The standard InChI is InChI=1S/C12H13ClO3/c1-9(7-13)8-16-11-4-2-3-10(5-11)6-12(14)15/h2-5,7H,6,8H2,1H3,(H,14,15)/b9-7-. The van der Waals surface area contributed by atoms with Crippen LogP contribution in [0.15, 0.2) is 35.4 Å². The number of rotatable bonds is 5. The van der Waals surface area contributed by atoms with E-state index in [0.717, 1.165) is 11.1 Å². The van der Waals surface area contributed by atoms with Crippen molar-refractivity contribution in [1.29, 1.82) is 0 Å². The molecule has 0 radical (unpaired) electrons. The van der Waals surface area contributed by atoms with Gasteiger partial charge in [0.05, 0.1) is 6.42 Å². The molecule has 0 spiro atoms. The van der Waals surface area contributed by atoms with Gasteiger partial charge < -0.3 is 9.84 Å². The van der Waals surface area contributed by atoms with Gasteiger partial charge in [-0.15, -0.1) is 0 Å². The second-order valence-electron chi connectivity index (χ2n) is 3.46. The SMILES string of the molecule is C/C(=C/Cl)COc1cccc(CC(=O)O)c1. The molecule has 3 nitrogen and oxygen atoms in total. The minimum absolute atomic E-state index is 0.00152. The molecule has 1 rings (SSSR count). The van der Waals surface area contributed by atoms with Crippen molar-refractivity contribution in [3.05, 3.63) is 40.9 Å². The number of carbonyl (C=O) groups is 1. The highest BCUT2D eigenvalue weighted by Crippen LogP contribution is 2.14. The molecule has 0 aliphatic rings. The van der Waals surface area contributed by atoms with Crippen LogP contribution in [-0.4, -0.2) is 17.7 Å². The lowest BCUT2D eigenvalue weighted by Crippen LogP contribution is -2.02. The third-order valence-corrected chi connectivity index (χ3v) is 2.28. The Bertz CT molecular complexity index is 399. The second kappa shape index (κ2) is 6.18. The van der Waals surface area contributed by atoms with E-state index < -0.39 is 5.97 Å². The minimum atomic E-state index is -0.853. The first kappa shape index (κ1) is 12.6. The van der Waals surface area contributed by atoms with E-state index in [2.05, 4.69) is 0 Å². The molecule has 0 saturated heterocycles. The van der Waals surface area contributed by atoms with Crippen molar-refractivity contribution < 1.29 is 14.6 Å². The van der Waals surface area contributed by atoms with E-state index in [0.29, 0.717) is 12.4 Å². The number of hydrogen-bond acceptors (Lipinski definition) is 2. The zero-order chi connectivity index (χ0) is 12.0. The smallest absolute Gasteiger partial charge is 0.307 e. The van der Waals surface area contributed by atoms with Crippen LogP contribution in [0, 0.1) is 0 Å². The summed E-state index contributed by atoms with van der Waals surface area (Å²) < 4.78 is 5.44. The molecule has 0 unspecified atom stereocenters. The summed E-state index contributed by atoms with van der Waals surface area (Å²) in [5.41, 5.74) is 3.09. The van der Waals surface area contributed by atoms with Crippen LogP contribution in [0.3, 0.4) is 0 Å². The maximum Gasteiger partial charge on any atom is 0.307 e. The fourth-order valence-corrected chi connectivity index (χ4v) is 1.21. The van der Waals surface area contributed by atoms with Gasteiger partial charge in [-0.25, -0.2) is 0 Å². The van der Waals surface area contributed by atoms with E-state index in [1.54, 1.807) is 24.3 Å². The number of hydrogen-bond donors (Lipinski definition) is 1. The monoisotopic (exact) mass is 240 g/mol. The minimum Gasteiger partial charge on any atom is -0.489 e. The Morgan fingerprint density at radius 1 is 1.56 bits per heavy atom. The summed E-state index contributed by atoms with van der Waals surface area (Å²) in [4.78, 5) is 10.5. The summed E-state index contributed by atoms with van der Waals surface area (Å²) in [7, 11) is 0. The average molecular weight is 241 g/mol. The van der Waals surface area contributed by atoms with Crippen LogP contribution < -0.4 is 4.74 Å². The van der Waals surface area contributed by atoms with Crippen molar-refractivity contribution in [3.8, 4) is 5.75 Å². The van der Waals surface area contributed by atoms with Gasteiger partial charge in [0, 0.05) is 5.54 Å². The Morgan fingerprint density at radius 2 is 2.31 bits per heavy atom. The molecule has 1 aromatic rings. The van der Waals surface area contributed by atoms with E-state index in [4.69, 9.17) is 21.4 Å². The molecule has 86 valence electrons. The fraction of sp³-hybridized carbons (Fsp3) is 0.250. The number of ether oxygens (including phenoxy) is 1. The molecule has 0 bridgehead atoms. The number of carboxylic acid groups (broad SMARTS) is 1. The lowest BCUT2D eigenvalue weighted by molar-refractivity contribution is -0.136. The van der Waals surface area contributed by atoms with Gasteiger partial charge in [0.2, 0.25) is 0 Å². The zero-order valence-corrected chi connectivity index (χ0v) is 9.70. The molecule has 0 heterocycles. The average Bonchev–Trinajstić information content (AvgIpc) is 2.25. The molecule has 16 heavy (non-hydrogen) atoms. The third-order valence-electron chi connectivity index (χ3n) is 1.91. The Hall–Kier alpha value is -1.48. The molecule has 4 heteroatoms. The van der Waals surface area contributed by atoms with Gasteiger partial charge in [-0.1, -0.05) is 23.7 Å². The van der Waals surface area contributed by atoms with Crippen LogP contribution in [0.2, 0.25) is 0 Å². The lowest BCUT2D eigenvalue weighted by atomic mass is 10.1. The van der Waals surface area contributed by atoms with Crippen molar-refractivity contribution in [1.82, 2.24) is 0 Å². The number of halogens is 1. The summed E-state index contributed by atoms with van der Waals surface area (Å²) in [6, 6.07) is 7.03. The van der Waals surface area contributed by atoms with Crippen molar-refractivity contribution in [3.63, 3.8) is 0 Å². The molecule has 0 aliphatic carbocycles. The summed E-state index contributed by atoms with van der Waals surface area (Å²) in [6.07, 6.45) is 0.00152. The molecule has 0 aromatic heterocycles. The van der Waals surface area contributed by atoms with Crippen LogP contribution in [0.1, 0.15) is 12.5 Å². The molecule has 0 amide bonds. The van der Waals surface area contributed by atoms with Crippen molar-refractivity contribution in [2.45, 2.75) is 13.3 Å². The van der Waals surface area contributed by atoms with E-state index in [-0.39, 0.29) is 6.42 Å². The lowest BCUT2D eigenvalue weighted by Gasteiger charge is -2.07. The van der Waals surface area contributed by atoms with Gasteiger partial charge in [-0.3, -0.25) is 4.79 Å². The number of carboxylic acids is 1. The van der Waals surface area contributed by atoms with E-state index in [9.17, 15) is 4.79 Å².